The molecule has 0 aromatic carbocycles. The van der Waals surface area contributed by atoms with Crippen LogP contribution in [0, 0.1) is 5.41 Å². The Morgan fingerprint density at radius 1 is 1.42 bits per heavy atom. The molecule has 3 atom stereocenters. The van der Waals surface area contributed by atoms with Gasteiger partial charge in [0.05, 0.1) is 12.2 Å². The molecular weight excluding hydrogens is 240 g/mol. The minimum Gasteiger partial charge on any atom is -0.378 e. The summed E-state index contributed by atoms with van der Waals surface area (Å²) < 4.78 is 11.6. The molecule has 4 heteroatoms. The molecular formula is C15H32N2O2. The van der Waals surface area contributed by atoms with Gasteiger partial charge in [-0.1, -0.05) is 20.8 Å². The molecule has 0 spiro atoms. The van der Waals surface area contributed by atoms with Crippen molar-refractivity contribution in [2.75, 3.05) is 13.2 Å². The van der Waals surface area contributed by atoms with Crippen LogP contribution in [0.2, 0.25) is 0 Å². The number of hydrogen-bond acceptors (Lipinski definition) is 4. The van der Waals surface area contributed by atoms with Gasteiger partial charge in [-0.05, 0) is 44.4 Å². The summed E-state index contributed by atoms with van der Waals surface area (Å²) in [5, 5.41) is 0. The first-order valence-electron chi connectivity index (χ1n) is 7.68. The Morgan fingerprint density at radius 3 is 2.63 bits per heavy atom. The molecule has 1 aliphatic heterocycles. The van der Waals surface area contributed by atoms with Crippen molar-refractivity contribution < 1.29 is 9.47 Å². The summed E-state index contributed by atoms with van der Waals surface area (Å²) in [5.74, 6) is 5.73. The Morgan fingerprint density at radius 2 is 2.16 bits per heavy atom. The summed E-state index contributed by atoms with van der Waals surface area (Å²) in [6, 6.07) is 0.210. The predicted octanol–water partition coefficient (Wildman–Crippen LogP) is 2.62. The molecule has 3 N–H and O–H groups in total. The van der Waals surface area contributed by atoms with Gasteiger partial charge in [-0.3, -0.25) is 11.3 Å². The average Bonchev–Trinajstić information content (AvgIpc) is 2.84. The zero-order chi connectivity index (χ0) is 14.3. The molecule has 4 nitrogen and oxygen atoms in total. The fraction of sp³-hybridized carbons (Fsp3) is 1.00. The maximum atomic E-state index is 5.91. The molecule has 0 radical (unpaired) electrons. The van der Waals surface area contributed by atoms with Crippen LogP contribution in [0.4, 0.5) is 0 Å². The summed E-state index contributed by atoms with van der Waals surface area (Å²) in [6.07, 6.45) is 6.37. The highest BCUT2D eigenvalue weighted by Gasteiger charge is 2.32. The average molecular weight is 272 g/mol. The maximum Gasteiger partial charge on any atom is 0.0789 e. The van der Waals surface area contributed by atoms with Crippen LogP contribution in [0.1, 0.15) is 59.8 Å². The maximum absolute atomic E-state index is 5.91. The molecule has 0 aliphatic carbocycles. The summed E-state index contributed by atoms with van der Waals surface area (Å²) in [5.41, 5.74) is 3.05. The van der Waals surface area contributed by atoms with Crippen molar-refractivity contribution in [2.24, 2.45) is 11.3 Å². The minimum absolute atomic E-state index is 0.0942. The van der Waals surface area contributed by atoms with E-state index in [9.17, 15) is 0 Å². The Kier molecular flexibility index (Phi) is 7.29. The molecule has 0 aromatic heterocycles. The Hall–Kier alpha value is -0.160. The number of nitrogens with one attached hydrogen (secondary N) is 1. The zero-order valence-corrected chi connectivity index (χ0v) is 13.1. The lowest BCUT2D eigenvalue weighted by Crippen LogP contribution is -2.50. The van der Waals surface area contributed by atoms with E-state index in [1.165, 1.54) is 12.8 Å². The topological polar surface area (TPSA) is 56.5 Å². The second-order valence-electron chi connectivity index (χ2n) is 6.58. The van der Waals surface area contributed by atoms with Gasteiger partial charge in [0.2, 0.25) is 0 Å². The van der Waals surface area contributed by atoms with E-state index >= 15 is 0 Å². The first-order valence-corrected chi connectivity index (χ1v) is 7.68. The molecule has 1 saturated heterocycles. The summed E-state index contributed by atoms with van der Waals surface area (Å²) >= 11 is 0. The van der Waals surface area contributed by atoms with Crippen LogP contribution in [-0.2, 0) is 9.47 Å². The lowest BCUT2D eigenvalue weighted by atomic mass is 9.83. The fourth-order valence-electron chi connectivity index (χ4n) is 2.91. The monoisotopic (exact) mass is 272 g/mol. The number of hydrazine groups is 1. The largest absolute Gasteiger partial charge is 0.378 e. The molecule has 0 amide bonds. The van der Waals surface area contributed by atoms with Crippen LogP contribution in [-0.4, -0.2) is 31.5 Å². The molecule has 19 heavy (non-hydrogen) atoms. The van der Waals surface area contributed by atoms with Crippen molar-refractivity contribution >= 4 is 0 Å². The van der Waals surface area contributed by atoms with Gasteiger partial charge < -0.3 is 9.47 Å². The van der Waals surface area contributed by atoms with E-state index in [1.54, 1.807) is 0 Å². The normalized spacial score (nSPS) is 23.5. The minimum atomic E-state index is 0.0942. The second-order valence-corrected chi connectivity index (χ2v) is 6.58. The smallest absolute Gasteiger partial charge is 0.0789 e. The number of rotatable bonds is 8. The molecule has 0 bridgehead atoms. The summed E-state index contributed by atoms with van der Waals surface area (Å²) in [7, 11) is 0. The number of nitrogens with two attached hydrogens (primary N) is 1. The third-order valence-corrected chi connectivity index (χ3v) is 3.84. The predicted molar refractivity (Wildman–Crippen MR) is 78.8 cm³/mol. The highest BCUT2D eigenvalue weighted by Crippen LogP contribution is 2.27. The highest BCUT2D eigenvalue weighted by molar-refractivity contribution is 4.85. The van der Waals surface area contributed by atoms with E-state index in [-0.39, 0.29) is 17.6 Å². The van der Waals surface area contributed by atoms with Gasteiger partial charge in [0.1, 0.15) is 0 Å². The lowest BCUT2D eigenvalue weighted by Gasteiger charge is -2.36. The van der Waals surface area contributed by atoms with E-state index < -0.39 is 0 Å². The molecule has 1 heterocycles. The van der Waals surface area contributed by atoms with Gasteiger partial charge in [-0.15, -0.1) is 0 Å². The molecule has 1 fully saturated rings. The van der Waals surface area contributed by atoms with Crippen molar-refractivity contribution in [3.8, 4) is 0 Å². The van der Waals surface area contributed by atoms with Crippen molar-refractivity contribution in [3.05, 3.63) is 0 Å². The Balaban J connectivity index is 2.40. The van der Waals surface area contributed by atoms with Crippen molar-refractivity contribution in [1.82, 2.24) is 5.43 Å². The van der Waals surface area contributed by atoms with Gasteiger partial charge in [0.15, 0.2) is 0 Å². The van der Waals surface area contributed by atoms with Gasteiger partial charge in [-0.25, -0.2) is 0 Å². The number of hydrogen-bond donors (Lipinski definition) is 2. The second kappa shape index (κ2) is 8.20. The molecule has 1 rings (SSSR count). The van der Waals surface area contributed by atoms with E-state index in [4.69, 9.17) is 15.3 Å². The van der Waals surface area contributed by atoms with E-state index in [2.05, 4.69) is 26.2 Å². The van der Waals surface area contributed by atoms with Crippen molar-refractivity contribution in [2.45, 2.75) is 78.0 Å². The van der Waals surface area contributed by atoms with Gasteiger partial charge >= 0.3 is 0 Å². The zero-order valence-electron chi connectivity index (χ0n) is 13.1. The third-order valence-electron chi connectivity index (χ3n) is 3.84. The number of ether oxygens (including phenoxy) is 2. The van der Waals surface area contributed by atoms with Crippen LogP contribution in [0.15, 0.2) is 0 Å². The summed E-state index contributed by atoms with van der Waals surface area (Å²) in [4.78, 5) is 0. The van der Waals surface area contributed by atoms with Crippen LogP contribution in [0.25, 0.3) is 0 Å². The SMILES string of the molecule is CCOC(C(CCCC1CCCO1)NN)C(C)(C)C. The molecule has 0 saturated carbocycles. The first kappa shape index (κ1) is 16.9. The third kappa shape index (κ3) is 5.78. The van der Waals surface area contributed by atoms with Crippen molar-refractivity contribution in [3.63, 3.8) is 0 Å². The van der Waals surface area contributed by atoms with E-state index in [1.807, 2.05) is 6.92 Å². The molecule has 0 aromatic rings. The van der Waals surface area contributed by atoms with Gasteiger partial charge in [0.25, 0.3) is 0 Å². The lowest BCUT2D eigenvalue weighted by molar-refractivity contribution is -0.0384. The van der Waals surface area contributed by atoms with Crippen LogP contribution in [0.5, 0.6) is 0 Å². The van der Waals surface area contributed by atoms with Crippen molar-refractivity contribution in [1.29, 1.82) is 0 Å². The first-order chi connectivity index (χ1) is 8.99. The summed E-state index contributed by atoms with van der Waals surface area (Å²) in [6.45, 7) is 10.3. The van der Waals surface area contributed by atoms with E-state index in [0.29, 0.717) is 6.10 Å². The van der Waals surface area contributed by atoms with Crippen LogP contribution < -0.4 is 11.3 Å². The molecule has 114 valence electrons. The molecule has 3 unspecified atom stereocenters. The van der Waals surface area contributed by atoms with E-state index in [0.717, 1.165) is 32.5 Å². The highest BCUT2D eigenvalue weighted by atomic mass is 16.5. The quantitative estimate of drug-likeness (QED) is 0.527. The van der Waals surface area contributed by atoms with Crippen LogP contribution in [0.3, 0.4) is 0 Å². The van der Waals surface area contributed by atoms with Crippen LogP contribution >= 0.6 is 0 Å². The Bertz CT molecular complexity index is 235. The van der Waals surface area contributed by atoms with Gasteiger partial charge in [0, 0.05) is 19.3 Å². The Labute approximate surface area is 118 Å². The standard InChI is InChI=1S/C15H32N2O2/c1-5-18-14(15(2,3)4)13(17-16)10-6-8-12-9-7-11-19-12/h12-14,17H,5-11,16H2,1-4H3. The molecule has 1 aliphatic rings. The fourth-order valence-corrected chi connectivity index (χ4v) is 2.91. The van der Waals surface area contributed by atoms with Gasteiger partial charge in [-0.2, -0.15) is 0 Å².